The molecule has 1 aliphatic heterocycles. The van der Waals surface area contributed by atoms with Gasteiger partial charge in [-0.3, -0.25) is 4.98 Å². The number of sulfone groups is 1. The highest BCUT2D eigenvalue weighted by Gasteiger charge is 2.41. The molecule has 1 aliphatic rings. The second kappa shape index (κ2) is 6.84. The molecule has 7 N–H and O–H groups in total. The van der Waals surface area contributed by atoms with Gasteiger partial charge >= 0.3 is 0 Å². The summed E-state index contributed by atoms with van der Waals surface area (Å²) >= 11 is 0. The van der Waals surface area contributed by atoms with E-state index in [4.69, 9.17) is 10.9 Å². The van der Waals surface area contributed by atoms with E-state index in [0.717, 1.165) is 0 Å². The lowest BCUT2D eigenvalue weighted by atomic mass is 10.0. The Hall–Kier alpha value is -2.94. The van der Waals surface area contributed by atoms with Crippen molar-refractivity contribution in [2.75, 3.05) is 18.8 Å². The number of benzene rings is 1. The van der Waals surface area contributed by atoms with E-state index in [2.05, 4.69) is 25.6 Å². The molecule has 3 heterocycles. The summed E-state index contributed by atoms with van der Waals surface area (Å²) in [6.45, 7) is 0.676. The van der Waals surface area contributed by atoms with Gasteiger partial charge in [-0.15, -0.1) is 10.2 Å². The molecule has 3 aromatic rings. The predicted octanol–water partition coefficient (Wildman–Crippen LogP) is -2.12. The normalized spacial score (nSPS) is 15.2. The Morgan fingerprint density at radius 3 is 2.45 bits per heavy atom. The third kappa shape index (κ3) is 3.35. The number of aromatic nitrogens is 5. The molecular weight excluding hydrogens is 420 g/mol. The number of nitrogens with zero attached hydrogens (tertiary/aromatic N) is 4. The molecule has 2 aromatic heterocycles. The monoisotopic (exact) mass is 437 g/mol. The van der Waals surface area contributed by atoms with Crippen LogP contribution in [0.3, 0.4) is 0 Å². The number of nitrogens with two attached hydrogens (primary N) is 3. The standard InChI is InChI=1S/C15H16N8O4S2/c16-9-3-8(4-18-5-9)11-1-2-12(28(24,25)10-6-19-7-10)14(29(17,26)27)13(11)15-20-22-23-21-15/h1-5,10,19H,6-7,16H2,(H2,17,26,27)(H,20,21,22,23)/p+1. The molecule has 0 atom stereocenters. The first-order valence-electron chi connectivity index (χ1n) is 8.39. The average molecular weight is 437 g/mol. The van der Waals surface area contributed by atoms with Gasteiger partial charge in [-0.05, 0) is 22.9 Å². The molecule has 1 saturated heterocycles. The lowest BCUT2D eigenvalue weighted by Gasteiger charge is -2.24. The van der Waals surface area contributed by atoms with Crippen molar-refractivity contribution in [1.82, 2.24) is 25.6 Å². The quantitative estimate of drug-likeness (QED) is 0.344. The maximum atomic E-state index is 13.1. The zero-order valence-corrected chi connectivity index (χ0v) is 16.5. The van der Waals surface area contributed by atoms with Crippen molar-refractivity contribution in [2.45, 2.75) is 15.0 Å². The Morgan fingerprint density at radius 1 is 1.14 bits per heavy atom. The van der Waals surface area contributed by atoms with Crippen LogP contribution in [0, 0.1) is 0 Å². The summed E-state index contributed by atoms with van der Waals surface area (Å²) < 4.78 is 51.3. The molecule has 29 heavy (non-hydrogen) atoms. The largest absolute Gasteiger partial charge is 0.397 e. The van der Waals surface area contributed by atoms with E-state index in [9.17, 15) is 16.8 Å². The molecule has 0 radical (unpaired) electrons. The number of hydrogen-bond acceptors (Lipinski definition) is 9. The van der Waals surface area contributed by atoms with Crippen molar-refractivity contribution >= 4 is 25.5 Å². The summed E-state index contributed by atoms with van der Waals surface area (Å²) in [6.07, 6.45) is 2.88. The first-order valence-corrected chi connectivity index (χ1v) is 11.5. The minimum Gasteiger partial charge on any atom is -0.397 e. The summed E-state index contributed by atoms with van der Waals surface area (Å²) in [5, 5.41) is 20.0. The smallest absolute Gasteiger partial charge is 0.240 e. The first-order chi connectivity index (χ1) is 13.7. The van der Waals surface area contributed by atoms with Crippen molar-refractivity contribution in [3.63, 3.8) is 0 Å². The lowest BCUT2D eigenvalue weighted by molar-refractivity contribution is -0.702. The van der Waals surface area contributed by atoms with Gasteiger partial charge in [-0.1, -0.05) is 6.07 Å². The Labute approximate surface area is 165 Å². The van der Waals surface area contributed by atoms with E-state index in [1.165, 1.54) is 24.5 Å². The number of aromatic amines is 1. The van der Waals surface area contributed by atoms with Crippen LogP contribution in [0.4, 0.5) is 5.69 Å². The Kier molecular flexibility index (Phi) is 4.57. The van der Waals surface area contributed by atoms with E-state index in [-0.39, 0.29) is 11.4 Å². The number of tetrazole rings is 1. The SMILES string of the molecule is Nc1cncc(-c2ccc(S(=O)(=O)C3C[NH2+]C3)c(S(N)(=O)=O)c2-c2nn[nH]n2)c1. The topological polar surface area (TPSA) is 204 Å². The molecule has 14 heteroatoms. The second-order valence-electron chi connectivity index (χ2n) is 6.53. The van der Waals surface area contributed by atoms with Crippen molar-refractivity contribution in [3.05, 3.63) is 30.6 Å². The Bertz CT molecular complexity index is 1290. The number of nitrogens with one attached hydrogen (secondary N) is 1. The van der Waals surface area contributed by atoms with Gasteiger partial charge in [0.25, 0.3) is 0 Å². The number of quaternary nitrogens is 1. The molecule has 152 valence electrons. The first kappa shape index (κ1) is 19.4. The lowest BCUT2D eigenvalue weighted by Crippen LogP contribution is -2.99. The van der Waals surface area contributed by atoms with Gasteiger partial charge in [0.15, 0.2) is 15.1 Å². The maximum absolute atomic E-state index is 13.1. The summed E-state index contributed by atoms with van der Waals surface area (Å²) in [7, 11) is -8.45. The summed E-state index contributed by atoms with van der Waals surface area (Å²) in [4.78, 5) is 3.04. The highest BCUT2D eigenvalue weighted by molar-refractivity contribution is 7.94. The van der Waals surface area contributed by atoms with Gasteiger partial charge < -0.3 is 11.1 Å². The minimum atomic E-state index is -4.49. The second-order valence-corrected chi connectivity index (χ2v) is 10.2. The maximum Gasteiger partial charge on any atom is 0.240 e. The van der Waals surface area contributed by atoms with Crippen molar-refractivity contribution in [3.8, 4) is 22.5 Å². The molecule has 4 rings (SSSR count). The predicted molar refractivity (Wildman–Crippen MR) is 101 cm³/mol. The molecule has 12 nitrogen and oxygen atoms in total. The van der Waals surface area contributed by atoms with Gasteiger partial charge in [0.1, 0.15) is 4.90 Å². The van der Waals surface area contributed by atoms with Crippen LogP contribution in [0.1, 0.15) is 0 Å². The molecule has 0 bridgehead atoms. The summed E-state index contributed by atoms with van der Waals surface area (Å²) in [5.41, 5.74) is 6.79. The van der Waals surface area contributed by atoms with Gasteiger partial charge in [0, 0.05) is 18.0 Å². The summed E-state index contributed by atoms with van der Waals surface area (Å²) in [5.74, 6) is -0.122. The van der Waals surface area contributed by atoms with Crippen LogP contribution in [0.5, 0.6) is 0 Å². The number of hydrogen-bond donors (Lipinski definition) is 4. The molecule has 0 saturated carbocycles. The molecule has 1 aromatic carbocycles. The average Bonchev–Trinajstić information content (AvgIpc) is 3.12. The van der Waals surface area contributed by atoms with Crippen LogP contribution in [-0.4, -0.2) is 60.8 Å². The number of H-pyrrole nitrogens is 1. The van der Waals surface area contributed by atoms with Crippen LogP contribution in [0.15, 0.2) is 40.4 Å². The zero-order valence-electron chi connectivity index (χ0n) is 14.8. The molecule has 0 amide bonds. The van der Waals surface area contributed by atoms with Gasteiger partial charge in [0.05, 0.1) is 29.2 Å². The highest BCUT2D eigenvalue weighted by Crippen LogP contribution is 2.39. The van der Waals surface area contributed by atoms with Gasteiger partial charge in [0.2, 0.25) is 15.8 Å². The number of primary sulfonamides is 1. The van der Waals surface area contributed by atoms with E-state index in [1.54, 1.807) is 6.07 Å². The zero-order chi connectivity index (χ0) is 20.8. The molecule has 0 spiro atoms. The van der Waals surface area contributed by atoms with Gasteiger partial charge in [-0.2, -0.15) is 5.21 Å². The third-order valence-corrected chi connectivity index (χ3v) is 7.99. The van der Waals surface area contributed by atoms with Crippen LogP contribution < -0.4 is 16.2 Å². The van der Waals surface area contributed by atoms with Crippen molar-refractivity contribution in [1.29, 1.82) is 0 Å². The molecular formula is C15H17N8O4S2+. The number of nitrogen functional groups attached to an aromatic ring is 1. The van der Waals surface area contributed by atoms with E-state index in [0.29, 0.717) is 29.9 Å². The van der Waals surface area contributed by atoms with E-state index < -0.39 is 34.9 Å². The van der Waals surface area contributed by atoms with E-state index >= 15 is 0 Å². The fourth-order valence-corrected chi connectivity index (χ4v) is 6.43. The van der Waals surface area contributed by atoms with E-state index in [1.807, 2.05) is 5.32 Å². The molecule has 0 unspecified atom stereocenters. The number of anilines is 1. The van der Waals surface area contributed by atoms with Crippen molar-refractivity contribution in [2.24, 2.45) is 5.14 Å². The van der Waals surface area contributed by atoms with Crippen molar-refractivity contribution < 1.29 is 22.2 Å². The fraction of sp³-hybridized carbons (Fsp3) is 0.200. The minimum absolute atomic E-state index is 0.0852. The van der Waals surface area contributed by atoms with Crippen LogP contribution >= 0.6 is 0 Å². The number of pyridine rings is 1. The Morgan fingerprint density at radius 2 is 1.90 bits per heavy atom. The Balaban J connectivity index is 2.11. The van der Waals surface area contributed by atoms with Crippen LogP contribution in [0.2, 0.25) is 0 Å². The summed E-state index contributed by atoms with van der Waals surface area (Å²) in [6, 6.07) is 4.26. The molecule has 1 fully saturated rings. The highest BCUT2D eigenvalue weighted by atomic mass is 32.2. The molecule has 0 aliphatic carbocycles. The number of rotatable bonds is 5. The fourth-order valence-electron chi connectivity index (χ4n) is 3.14. The van der Waals surface area contributed by atoms with Gasteiger partial charge in [-0.25, -0.2) is 22.0 Å². The third-order valence-electron chi connectivity index (χ3n) is 4.65. The van der Waals surface area contributed by atoms with Crippen LogP contribution in [-0.2, 0) is 19.9 Å². The number of sulfonamides is 1. The van der Waals surface area contributed by atoms with Crippen LogP contribution in [0.25, 0.3) is 22.5 Å².